The molecule has 1 saturated heterocycles. The molecule has 1 fully saturated rings. The van der Waals surface area contributed by atoms with Crippen LogP contribution in [0, 0.1) is 12.8 Å². The Balaban J connectivity index is 0.00000288. The highest BCUT2D eigenvalue weighted by molar-refractivity contribution is 5.85. The Hall–Kier alpha value is -1.26. The Bertz CT molecular complexity index is 514. The first-order chi connectivity index (χ1) is 11.1. The van der Waals surface area contributed by atoms with Crippen LogP contribution >= 0.6 is 12.4 Å². The normalized spacial score (nSPS) is 17.2. The summed E-state index contributed by atoms with van der Waals surface area (Å²) in [6.45, 7) is 9.34. The second-order valence-corrected chi connectivity index (χ2v) is 6.84. The fourth-order valence-electron chi connectivity index (χ4n) is 3.02. The van der Waals surface area contributed by atoms with E-state index in [1.807, 2.05) is 13.0 Å². The molecule has 2 N–H and O–H groups in total. The minimum Gasteiger partial charge on any atom is -0.483 e. The zero-order valence-electron chi connectivity index (χ0n) is 15.1. The molecule has 1 aliphatic rings. The molecule has 24 heavy (non-hydrogen) atoms. The maximum Gasteiger partial charge on any atom is 0.257 e. The van der Waals surface area contributed by atoms with Gasteiger partial charge >= 0.3 is 0 Å². The lowest BCUT2D eigenvalue weighted by molar-refractivity contribution is -0.123. The Labute approximate surface area is 152 Å². The van der Waals surface area contributed by atoms with E-state index in [0.717, 1.165) is 42.9 Å². The minimum atomic E-state index is -0.0371. The van der Waals surface area contributed by atoms with Gasteiger partial charge in [0.05, 0.1) is 0 Å². The summed E-state index contributed by atoms with van der Waals surface area (Å²) in [5.41, 5.74) is 2.30. The SMILES string of the molecule is Cc1ccc(C(C)C)c(OCC(=O)NCCC2CCCNC2)c1.Cl. The van der Waals surface area contributed by atoms with Crippen molar-refractivity contribution in [1.29, 1.82) is 0 Å². The molecule has 1 amide bonds. The minimum absolute atomic E-state index is 0. The third kappa shape index (κ3) is 6.70. The van der Waals surface area contributed by atoms with Crippen molar-refractivity contribution in [2.75, 3.05) is 26.2 Å². The fourth-order valence-corrected chi connectivity index (χ4v) is 3.02. The van der Waals surface area contributed by atoms with Crippen molar-refractivity contribution >= 4 is 18.3 Å². The average molecular weight is 355 g/mol. The zero-order valence-corrected chi connectivity index (χ0v) is 15.9. The first kappa shape index (κ1) is 20.8. The monoisotopic (exact) mass is 354 g/mol. The fraction of sp³-hybridized carbons (Fsp3) is 0.632. The van der Waals surface area contributed by atoms with Crippen LogP contribution in [0.25, 0.3) is 0 Å². The Morgan fingerprint density at radius 3 is 2.88 bits per heavy atom. The van der Waals surface area contributed by atoms with Gasteiger partial charge in [-0.15, -0.1) is 12.4 Å². The first-order valence-corrected chi connectivity index (χ1v) is 8.77. The van der Waals surface area contributed by atoms with E-state index < -0.39 is 0 Å². The van der Waals surface area contributed by atoms with Crippen LogP contribution in [0.2, 0.25) is 0 Å². The molecule has 136 valence electrons. The number of piperidine rings is 1. The van der Waals surface area contributed by atoms with Gasteiger partial charge in [-0.05, 0) is 68.3 Å². The van der Waals surface area contributed by atoms with Gasteiger partial charge in [-0.2, -0.15) is 0 Å². The molecule has 1 aromatic carbocycles. The number of benzene rings is 1. The molecule has 4 nitrogen and oxygen atoms in total. The molecule has 1 heterocycles. The maximum absolute atomic E-state index is 12.0. The van der Waals surface area contributed by atoms with E-state index in [9.17, 15) is 4.79 Å². The molecular formula is C19H31ClN2O2. The molecule has 0 aromatic heterocycles. The standard InChI is InChI=1S/C19H30N2O2.ClH/c1-14(2)17-7-6-15(3)11-18(17)23-13-19(22)21-10-8-16-5-4-9-20-12-16;/h6-7,11,14,16,20H,4-5,8-10,12-13H2,1-3H3,(H,21,22);1H. The number of hydrogen-bond acceptors (Lipinski definition) is 3. The highest BCUT2D eigenvalue weighted by Gasteiger charge is 2.13. The second kappa shape index (κ2) is 10.6. The summed E-state index contributed by atoms with van der Waals surface area (Å²) in [6.07, 6.45) is 3.55. The smallest absolute Gasteiger partial charge is 0.257 e. The van der Waals surface area contributed by atoms with E-state index in [0.29, 0.717) is 11.8 Å². The molecule has 0 bridgehead atoms. The molecular weight excluding hydrogens is 324 g/mol. The Morgan fingerprint density at radius 1 is 1.42 bits per heavy atom. The van der Waals surface area contributed by atoms with Crippen LogP contribution in [0.4, 0.5) is 0 Å². The van der Waals surface area contributed by atoms with Gasteiger partial charge in [-0.3, -0.25) is 4.79 Å². The van der Waals surface area contributed by atoms with E-state index in [1.54, 1.807) is 0 Å². The van der Waals surface area contributed by atoms with Crippen LogP contribution in [0.15, 0.2) is 18.2 Å². The molecule has 1 atom stereocenters. The molecule has 0 radical (unpaired) electrons. The summed E-state index contributed by atoms with van der Waals surface area (Å²) in [5.74, 6) is 1.86. The number of ether oxygens (including phenoxy) is 1. The number of rotatable bonds is 7. The summed E-state index contributed by atoms with van der Waals surface area (Å²) in [6, 6.07) is 6.18. The highest BCUT2D eigenvalue weighted by atomic mass is 35.5. The van der Waals surface area contributed by atoms with Crippen LogP contribution in [-0.2, 0) is 4.79 Å². The van der Waals surface area contributed by atoms with E-state index >= 15 is 0 Å². The van der Waals surface area contributed by atoms with E-state index in [-0.39, 0.29) is 24.9 Å². The summed E-state index contributed by atoms with van der Waals surface area (Å²) in [4.78, 5) is 12.0. The number of halogens is 1. The molecule has 2 rings (SSSR count). The average Bonchev–Trinajstić information content (AvgIpc) is 2.53. The van der Waals surface area contributed by atoms with Gasteiger partial charge in [0, 0.05) is 6.54 Å². The zero-order chi connectivity index (χ0) is 16.7. The molecule has 0 aliphatic carbocycles. The van der Waals surface area contributed by atoms with E-state index in [4.69, 9.17) is 4.74 Å². The number of aryl methyl sites for hydroxylation is 1. The highest BCUT2D eigenvalue weighted by Crippen LogP contribution is 2.27. The van der Waals surface area contributed by atoms with Gasteiger partial charge in [-0.1, -0.05) is 26.0 Å². The lowest BCUT2D eigenvalue weighted by atomic mass is 9.96. The van der Waals surface area contributed by atoms with E-state index in [2.05, 4.69) is 36.6 Å². The number of hydrogen-bond donors (Lipinski definition) is 2. The van der Waals surface area contributed by atoms with Crippen molar-refractivity contribution in [3.8, 4) is 5.75 Å². The topological polar surface area (TPSA) is 50.4 Å². The van der Waals surface area contributed by atoms with Gasteiger partial charge in [0.25, 0.3) is 5.91 Å². The predicted octanol–water partition coefficient (Wildman–Crippen LogP) is 3.42. The lowest BCUT2D eigenvalue weighted by Crippen LogP contribution is -2.34. The first-order valence-electron chi connectivity index (χ1n) is 8.77. The quantitative estimate of drug-likeness (QED) is 0.788. The number of nitrogens with one attached hydrogen (secondary N) is 2. The Kier molecular flexibility index (Phi) is 9.16. The van der Waals surface area contributed by atoms with Crippen molar-refractivity contribution in [2.24, 2.45) is 5.92 Å². The largest absolute Gasteiger partial charge is 0.483 e. The van der Waals surface area contributed by atoms with Crippen molar-refractivity contribution in [3.63, 3.8) is 0 Å². The maximum atomic E-state index is 12.0. The molecule has 0 spiro atoms. The van der Waals surface area contributed by atoms with Crippen molar-refractivity contribution < 1.29 is 9.53 Å². The van der Waals surface area contributed by atoms with Gasteiger partial charge < -0.3 is 15.4 Å². The van der Waals surface area contributed by atoms with Crippen molar-refractivity contribution in [2.45, 2.75) is 46.0 Å². The molecule has 1 unspecified atom stereocenters. The summed E-state index contributed by atoms with van der Waals surface area (Å²) in [7, 11) is 0. The summed E-state index contributed by atoms with van der Waals surface area (Å²) < 4.78 is 5.76. The number of carbonyl (C=O) groups is 1. The molecule has 0 saturated carbocycles. The Morgan fingerprint density at radius 2 is 2.21 bits per heavy atom. The van der Waals surface area contributed by atoms with E-state index in [1.165, 1.54) is 12.8 Å². The van der Waals surface area contributed by atoms with Crippen LogP contribution in [0.5, 0.6) is 5.75 Å². The van der Waals surface area contributed by atoms with Crippen molar-refractivity contribution in [1.82, 2.24) is 10.6 Å². The predicted molar refractivity (Wildman–Crippen MR) is 101 cm³/mol. The summed E-state index contributed by atoms with van der Waals surface area (Å²) in [5, 5.41) is 6.38. The van der Waals surface area contributed by atoms with Crippen LogP contribution < -0.4 is 15.4 Å². The van der Waals surface area contributed by atoms with Crippen LogP contribution in [-0.4, -0.2) is 32.1 Å². The van der Waals surface area contributed by atoms with Gasteiger partial charge in [0.15, 0.2) is 6.61 Å². The van der Waals surface area contributed by atoms with Crippen LogP contribution in [0.1, 0.15) is 50.2 Å². The van der Waals surface area contributed by atoms with Gasteiger partial charge in [-0.25, -0.2) is 0 Å². The number of carbonyl (C=O) groups excluding carboxylic acids is 1. The molecule has 5 heteroatoms. The van der Waals surface area contributed by atoms with Gasteiger partial charge in [0.1, 0.15) is 5.75 Å². The lowest BCUT2D eigenvalue weighted by Gasteiger charge is -2.22. The van der Waals surface area contributed by atoms with Crippen LogP contribution in [0.3, 0.4) is 0 Å². The molecule has 1 aliphatic heterocycles. The third-order valence-corrected chi connectivity index (χ3v) is 4.42. The third-order valence-electron chi connectivity index (χ3n) is 4.42. The molecule has 1 aromatic rings. The second-order valence-electron chi connectivity index (χ2n) is 6.84. The number of amides is 1. The summed E-state index contributed by atoms with van der Waals surface area (Å²) >= 11 is 0. The van der Waals surface area contributed by atoms with Crippen molar-refractivity contribution in [3.05, 3.63) is 29.3 Å². The van der Waals surface area contributed by atoms with Gasteiger partial charge in [0.2, 0.25) is 0 Å².